The summed E-state index contributed by atoms with van der Waals surface area (Å²) >= 11 is 0. The number of nitrogens with zero attached hydrogens (tertiary/aromatic N) is 3. The minimum atomic E-state index is -3.25. The predicted molar refractivity (Wildman–Crippen MR) is 113 cm³/mol. The minimum absolute atomic E-state index is 0.0145. The Hall–Kier alpha value is -1.54. The van der Waals surface area contributed by atoms with Gasteiger partial charge in [0.25, 0.3) is 5.92 Å². The van der Waals surface area contributed by atoms with Crippen LogP contribution in [-0.2, 0) is 5.60 Å². The molecule has 1 aliphatic carbocycles. The first-order chi connectivity index (χ1) is 13.2. The van der Waals surface area contributed by atoms with Gasteiger partial charge in [0.05, 0.1) is 7.11 Å². The normalized spacial score (nSPS) is 27.6. The van der Waals surface area contributed by atoms with E-state index in [1.54, 1.807) is 6.20 Å². The molecule has 3 rings (SSSR count). The van der Waals surface area contributed by atoms with E-state index >= 15 is 8.78 Å². The summed E-state index contributed by atoms with van der Waals surface area (Å²) in [5.41, 5.74) is -1.13. The van der Waals surface area contributed by atoms with Gasteiger partial charge in [0.2, 0.25) is 5.88 Å². The molecule has 3 atom stereocenters. The van der Waals surface area contributed by atoms with E-state index in [-0.39, 0.29) is 22.9 Å². The fraction of sp³-hybridized carbons (Fsp3) is 0.714. The van der Waals surface area contributed by atoms with E-state index in [4.69, 9.17) is 4.74 Å². The number of hydrogen-bond acceptors (Lipinski definition) is 4. The Labute approximate surface area is 172 Å². The highest BCUT2D eigenvalue weighted by Crippen LogP contribution is 2.58. The van der Waals surface area contributed by atoms with Crippen LogP contribution in [0.2, 0.25) is 18.1 Å². The Morgan fingerprint density at radius 3 is 2.41 bits per heavy atom. The van der Waals surface area contributed by atoms with Crippen molar-refractivity contribution in [2.45, 2.75) is 77.1 Å². The third-order valence-electron chi connectivity index (χ3n) is 7.53. The Bertz CT molecular complexity index is 923. The molecule has 5 nitrogen and oxygen atoms in total. The number of aliphatic hydroxyl groups is 1. The molecule has 0 spiro atoms. The molecule has 2 aromatic rings. The second kappa shape index (κ2) is 6.73. The average molecular weight is 426 g/mol. The van der Waals surface area contributed by atoms with Gasteiger partial charge in [0, 0.05) is 17.7 Å². The quantitative estimate of drug-likeness (QED) is 0.686. The molecular formula is C21H33F2N3O2Si. The summed E-state index contributed by atoms with van der Waals surface area (Å²) in [5.74, 6) is -4.08. The molecule has 2 heterocycles. The van der Waals surface area contributed by atoms with Gasteiger partial charge in [-0.3, -0.25) is 0 Å². The zero-order valence-electron chi connectivity index (χ0n) is 18.7. The highest BCUT2D eigenvalue weighted by molar-refractivity contribution is 6.79. The van der Waals surface area contributed by atoms with Crippen molar-refractivity contribution in [1.29, 1.82) is 0 Å². The summed E-state index contributed by atoms with van der Waals surface area (Å²) in [6.07, 6.45) is 3.63. The van der Waals surface area contributed by atoms with Crippen molar-refractivity contribution in [2.24, 2.45) is 11.8 Å². The van der Waals surface area contributed by atoms with Crippen molar-refractivity contribution in [3.8, 4) is 5.88 Å². The average Bonchev–Trinajstić information content (AvgIpc) is 3.11. The first kappa shape index (κ1) is 22.1. The molecule has 8 heteroatoms. The summed E-state index contributed by atoms with van der Waals surface area (Å²) in [7, 11) is -0.732. The number of ether oxygens (including phenoxy) is 1. The van der Waals surface area contributed by atoms with Crippen LogP contribution in [0.5, 0.6) is 5.88 Å². The smallest absolute Gasteiger partial charge is 0.283 e. The van der Waals surface area contributed by atoms with Crippen molar-refractivity contribution in [2.75, 3.05) is 7.11 Å². The van der Waals surface area contributed by atoms with Crippen molar-refractivity contribution >= 4 is 19.3 Å². The standard InChI is InChI=1S/C21H33F2N3O2Si/c1-9-14-10-20(27,21(22,23)13(14)2)15-11-26(29(7,8)19(3,4)5)17-16(15)24-12-25-18(17)28-6/h11-14,27H,9-10H2,1-8H3/t13-,14+,20?/m1/s1. The minimum Gasteiger partial charge on any atom is -0.479 e. The van der Waals surface area contributed by atoms with Gasteiger partial charge in [-0.1, -0.05) is 54.1 Å². The fourth-order valence-electron chi connectivity index (χ4n) is 4.44. The van der Waals surface area contributed by atoms with E-state index in [1.807, 2.05) is 11.2 Å². The number of aromatic nitrogens is 3. The number of alkyl halides is 2. The molecule has 29 heavy (non-hydrogen) atoms. The second-order valence-corrected chi connectivity index (χ2v) is 15.0. The first-order valence-corrected chi connectivity index (χ1v) is 13.2. The Kier molecular flexibility index (Phi) is 5.14. The highest BCUT2D eigenvalue weighted by atomic mass is 28.3. The van der Waals surface area contributed by atoms with Gasteiger partial charge in [-0.15, -0.1) is 0 Å². The number of rotatable bonds is 4. The van der Waals surface area contributed by atoms with Gasteiger partial charge in [0.15, 0.2) is 13.8 Å². The molecule has 1 aliphatic rings. The third kappa shape index (κ3) is 2.93. The number of halogens is 2. The van der Waals surface area contributed by atoms with Gasteiger partial charge < -0.3 is 14.1 Å². The summed E-state index contributed by atoms with van der Waals surface area (Å²) in [5, 5.41) is 11.4. The molecular weight excluding hydrogens is 392 g/mol. The Morgan fingerprint density at radius 1 is 1.31 bits per heavy atom. The van der Waals surface area contributed by atoms with Gasteiger partial charge in [-0.2, -0.15) is 4.98 Å². The second-order valence-electron chi connectivity index (χ2n) is 9.95. The van der Waals surface area contributed by atoms with E-state index in [0.717, 1.165) is 0 Å². The molecule has 0 radical (unpaired) electrons. The van der Waals surface area contributed by atoms with Gasteiger partial charge in [0.1, 0.15) is 17.4 Å². The van der Waals surface area contributed by atoms with Crippen molar-refractivity contribution in [3.05, 3.63) is 18.1 Å². The molecule has 0 amide bonds. The van der Waals surface area contributed by atoms with E-state index in [0.29, 0.717) is 23.3 Å². The van der Waals surface area contributed by atoms with Crippen LogP contribution < -0.4 is 4.74 Å². The van der Waals surface area contributed by atoms with Crippen molar-refractivity contribution < 1.29 is 18.6 Å². The largest absolute Gasteiger partial charge is 0.479 e. The summed E-state index contributed by atoms with van der Waals surface area (Å²) in [6.45, 7) is 14.2. The number of hydrogen-bond donors (Lipinski definition) is 1. The van der Waals surface area contributed by atoms with Crippen LogP contribution in [0.4, 0.5) is 8.78 Å². The maximum absolute atomic E-state index is 15.4. The fourth-order valence-corrected chi connectivity index (χ4v) is 6.37. The van der Waals surface area contributed by atoms with Gasteiger partial charge >= 0.3 is 0 Å². The summed E-state index contributed by atoms with van der Waals surface area (Å²) in [4.78, 5) is 8.58. The zero-order valence-corrected chi connectivity index (χ0v) is 19.7. The predicted octanol–water partition coefficient (Wildman–Crippen LogP) is 5.18. The van der Waals surface area contributed by atoms with Crippen LogP contribution >= 0.6 is 0 Å². The lowest BCUT2D eigenvalue weighted by atomic mass is 9.89. The van der Waals surface area contributed by atoms with Gasteiger partial charge in [-0.05, 0) is 17.4 Å². The van der Waals surface area contributed by atoms with E-state index in [1.165, 1.54) is 20.4 Å². The Morgan fingerprint density at radius 2 is 1.93 bits per heavy atom. The summed E-state index contributed by atoms with van der Waals surface area (Å²) in [6, 6.07) is 0. The molecule has 0 aliphatic heterocycles. The third-order valence-corrected chi connectivity index (χ3v) is 12.8. The monoisotopic (exact) mass is 425 g/mol. The maximum atomic E-state index is 15.4. The van der Waals surface area contributed by atoms with Crippen LogP contribution in [0.15, 0.2) is 12.5 Å². The molecule has 0 aromatic carbocycles. The number of fused-ring (bicyclic) bond motifs is 1. The van der Waals surface area contributed by atoms with E-state index in [9.17, 15) is 5.11 Å². The van der Waals surface area contributed by atoms with Crippen LogP contribution in [0, 0.1) is 11.8 Å². The van der Waals surface area contributed by atoms with Crippen molar-refractivity contribution in [1.82, 2.24) is 14.2 Å². The van der Waals surface area contributed by atoms with Crippen LogP contribution in [0.3, 0.4) is 0 Å². The molecule has 1 unspecified atom stereocenters. The van der Waals surface area contributed by atoms with Crippen LogP contribution in [-0.4, -0.2) is 40.6 Å². The summed E-state index contributed by atoms with van der Waals surface area (Å²) < 4.78 is 38.4. The molecule has 162 valence electrons. The van der Waals surface area contributed by atoms with Crippen LogP contribution in [0.1, 0.15) is 53.0 Å². The van der Waals surface area contributed by atoms with Crippen LogP contribution in [0.25, 0.3) is 11.0 Å². The SMILES string of the molecule is CC[C@H]1CC(O)(c2cn([Si](C)(C)C(C)(C)C)c3c(OC)ncnc23)C(F)(F)[C@@H]1C. The van der Waals surface area contributed by atoms with Gasteiger partial charge in [-0.25, -0.2) is 13.8 Å². The topological polar surface area (TPSA) is 60.2 Å². The lowest BCUT2D eigenvalue weighted by Gasteiger charge is -2.38. The molecule has 0 bridgehead atoms. The zero-order chi connectivity index (χ0) is 22.0. The first-order valence-electron chi connectivity index (χ1n) is 10.2. The highest BCUT2D eigenvalue weighted by Gasteiger charge is 2.65. The van der Waals surface area contributed by atoms with E-state index < -0.39 is 25.7 Å². The molecule has 1 saturated carbocycles. The Balaban J connectivity index is 2.37. The van der Waals surface area contributed by atoms with E-state index in [2.05, 4.69) is 43.8 Å². The van der Waals surface area contributed by atoms with Crippen molar-refractivity contribution in [3.63, 3.8) is 0 Å². The molecule has 2 aromatic heterocycles. The maximum Gasteiger partial charge on any atom is 0.283 e. The lowest BCUT2D eigenvalue weighted by Crippen LogP contribution is -2.46. The molecule has 1 fully saturated rings. The lowest BCUT2D eigenvalue weighted by molar-refractivity contribution is -0.183. The molecule has 1 N–H and O–H groups in total. The molecule has 0 saturated heterocycles. The number of methoxy groups -OCH3 is 1.